The van der Waals surface area contributed by atoms with Gasteiger partial charge in [-0.3, -0.25) is 0 Å². The molecule has 0 bridgehead atoms. The fourth-order valence-corrected chi connectivity index (χ4v) is 0.857. The highest BCUT2D eigenvalue weighted by Crippen LogP contribution is 2.13. The summed E-state index contributed by atoms with van der Waals surface area (Å²) < 4.78 is 8.55. The Balaban J connectivity index is 0. The van der Waals surface area contributed by atoms with Crippen molar-refractivity contribution >= 4 is 12.0 Å². The van der Waals surface area contributed by atoms with Crippen molar-refractivity contribution in [2.75, 3.05) is 0 Å². The standard InChI is InChI=1S/C7H8OS.2H2O/c1-6-2-4-7(9-8)5-3-6;;/h2-5,8H,1H3;2*1H2. The second kappa shape index (κ2) is 6.18. The van der Waals surface area contributed by atoms with E-state index in [4.69, 9.17) is 4.55 Å². The van der Waals surface area contributed by atoms with Gasteiger partial charge in [-0.2, -0.15) is 0 Å². The van der Waals surface area contributed by atoms with E-state index in [1.807, 2.05) is 31.2 Å². The van der Waals surface area contributed by atoms with Crippen molar-refractivity contribution in [3.8, 4) is 0 Å². The molecule has 64 valence electrons. The van der Waals surface area contributed by atoms with Gasteiger partial charge in [-0.1, -0.05) is 17.7 Å². The fourth-order valence-electron chi connectivity index (χ4n) is 0.599. The average Bonchev–Trinajstić information content (AvgIpc) is 1.90. The van der Waals surface area contributed by atoms with E-state index in [0.717, 1.165) is 16.9 Å². The van der Waals surface area contributed by atoms with E-state index in [1.54, 1.807) is 0 Å². The first-order valence-corrected chi connectivity index (χ1v) is 3.48. The highest BCUT2D eigenvalue weighted by Gasteiger charge is 1.87. The van der Waals surface area contributed by atoms with Crippen LogP contribution in [-0.2, 0) is 0 Å². The predicted molar refractivity (Wildman–Crippen MR) is 46.9 cm³/mol. The molecule has 0 amide bonds. The van der Waals surface area contributed by atoms with Crippen molar-refractivity contribution in [2.45, 2.75) is 11.8 Å². The summed E-state index contributed by atoms with van der Waals surface area (Å²) in [4.78, 5) is 0.889. The van der Waals surface area contributed by atoms with Crippen molar-refractivity contribution in [3.05, 3.63) is 29.8 Å². The minimum Gasteiger partial charge on any atom is -0.412 e. The Labute approximate surface area is 69.9 Å². The molecule has 1 aromatic carbocycles. The van der Waals surface area contributed by atoms with Crippen molar-refractivity contribution in [1.82, 2.24) is 0 Å². The topological polar surface area (TPSA) is 83.2 Å². The first kappa shape index (κ1) is 13.1. The zero-order chi connectivity index (χ0) is 6.69. The summed E-state index contributed by atoms with van der Waals surface area (Å²) in [7, 11) is 0. The molecule has 0 saturated carbocycles. The molecule has 11 heavy (non-hydrogen) atoms. The molecule has 0 fully saturated rings. The smallest absolute Gasteiger partial charge is 0.0350 e. The third-order valence-corrected chi connectivity index (χ3v) is 1.61. The van der Waals surface area contributed by atoms with Crippen molar-refractivity contribution in [1.29, 1.82) is 0 Å². The van der Waals surface area contributed by atoms with Crippen molar-refractivity contribution in [2.24, 2.45) is 0 Å². The van der Waals surface area contributed by atoms with Gasteiger partial charge in [0.15, 0.2) is 0 Å². The maximum atomic E-state index is 8.55. The summed E-state index contributed by atoms with van der Waals surface area (Å²) in [6, 6.07) is 7.72. The van der Waals surface area contributed by atoms with Crippen LogP contribution in [0.3, 0.4) is 0 Å². The Bertz CT molecular complexity index is 185. The number of hydrogen-bond donors (Lipinski definition) is 1. The van der Waals surface area contributed by atoms with Crippen LogP contribution in [0.4, 0.5) is 0 Å². The van der Waals surface area contributed by atoms with Gasteiger partial charge < -0.3 is 15.5 Å². The number of hydrogen-bond acceptors (Lipinski definition) is 2. The lowest BCUT2D eigenvalue weighted by Gasteiger charge is -1.92. The maximum absolute atomic E-state index is 8.55. The summed E-state index contributed by atoms with van der Waals surface area (Å²) in [6.07, 6.45) is 0. The molecule has 0 saturated heterocycles. The Morgan fingerprint density at radius 2 is 1.55 bits per heavy atom. The largest absolute Gasteiger partial charge is 0.412 e. The summed E-state index contributed by atoms with van der Waals surface area (Å²) in [5.41, 5.74) is 1.22. The van der Waals surface area contributed by atoms with Gasteiger partial charge in [-0.25, -0.2) is 0 Å². The van der Waals surface area contributed by atoms with Gasteiger partial charge in [-0.15, -0.1) is 0 Å². The predicted octanol–water partition coefficient (Wildman–Crippen LogP) is 0.911. The van der Waals surface area contributed by atoms with Crippen LogP contribution in [0.1, 0.15) is 5.56 Å². The molecule has 3 nitrogen and oxygen atoms in total. The zero-order valence-electron chi connectivity index (χ0n) is 6.16. The Hall–Kier alpha value is -0.550. The normalized spacial score (nSPS) is 7.82. The van der Waals surface area contributed by atoms with Gasteiger partial charge in [0, 0.05) is 16.9 Å². The lowest BCUT2D eigenvalue weighted by Crippen LogP contribution is -1.70. The van der Waals surface area contributed by atoms with Crippen LogP contribution in [0.2, 0.25) is 0 Å². The minimum absolute atomic E-state index is 0. The summed E-state index contributed by atoms with van der Waals surface area (Å²) in [5, 5.41) is 0. The van der Waals surface area contributed by atoms with Crippen LogP contribution >= 0.6 is 12.0 Å². The first-order valence-electron chi connectivity index (χ1n) is 2.71. The molecule has 4 heteroatoms. The molecule has 0 aliphatic carbocycles. The zero-order valence-corrected chi connectivity index (χ0v) is 6.98. The fraction of sp³-hybridized carbons (Fsp3) is 0.143. The van der Waals surface area contributed by atoms with Gasteiger partial charge in [-0.05, 0) is 19.1 Å². The molecular formula is C7H12O3S. The van der Waals surface area contributed by atoms with Crippen molar-refractivity contribution in [3.63, 3.8) is 0 Å². The lowest BCUT2D eigenvalue weighted by molar-refractivity contribution is 0.664. The number of benzene rings is 1. The third kappa shape index (κ3) is 4.00. The van der Waals surface area contributed by atoms with Gasteiger partial charge in [0.1, 0.15) is 0 Å². The third-order valence-electron chi connectivity index (χ3n) is 1.13. The lowest BCUT2D eigenvalue weighted by atomic mass is 10.2. The van der Waals surface area contributed by atoms with E-state index in [1.165, 1.54) is 5.56 Å². The Morgan fingerprint density at radius 3 is 1.91 bits per heavy atom. The number of aryl methyl sites for hydroxylation is 1. The van der Waals surface area contributed by atoms with E-state index < -0.39 is 0 Å². The van der Waals surface area contributed by atoms with E-state index >= 15 is 0 Å². The molecule has 0 atom stereocenters. The molecule has 0 aliphatic rings. The molecule has 0 aliphatic heterocycles. The Morgan fingerprint density at radius 1 is 1.09 bits per heavy atom. The highest BCUT2D eigenvalue weighted by molar-refractivity contribution is 7.93. The monoisotopic (exact) mass is 176 g/mol. The van der Waals surface area contributed by atoms with Gasteiger partial charge in [0.2, 0.25) is 0 Å². The van der Waals surface area contributed by atoms with E-state index in [2.05, 4.69) is 0 Å². The second-order valence-electron chi connectivity index (χ2n) is 1.90. The van der Waals surface area contributed by atoms with Crippen LogP contribution in [-0.4, -0.2) is 15.5 Å². The van der Waals surface area contributed by atoms with Crippen LogP contribution in [0.5, 0.6) is 0 Å². The quantitative estimate of drug-likeness (QED) is 0.645. The molecule has 1 aromatic rings. The first-order chi connectivity index (χ1) is 4.33. The minimum atomic E-state index is 0. The van der Waals surface area contributed by atoms with Gasteiger partial charge >= 0.3 is 0 Å². The molecule has 0 heterocycles. The molecule has 0 unspecified atom stereocenters. The van der Waals surface area contributed by atoms with Crippen LogP contribution in [0, 0.1) is 6.92 Å². The molecule has 0 aromatic heterocycles. The van der Waals surface area contributed by atoms with Crippen LogP contribution in [0.15, 0.2) is 29.2 Å². The molecule has 1 rings (SSSR count). The maximum Gasteiger partial charge on any atom is 0.0350 e. The molecule has 0 radical (unpaired) electrons. The van der Waals surface area contributed by atoms with Crippen LogP contribution < -0.4 is 0 Å². The van der Waals surface area contributed by atoms with E-state index in [-0.39, 0.29) is 11.0 Å². The number of rotatable bonds is 1. The SMILES string of the molecule is Cc1ccc(SO)cc1.O.O. The van der Waals surface area contributed by atoms with Crippen LogP contribution in [0.25, 0.3) is 0 Å². The summed E-state index contributed by atoms with van der Waals surface area (Å²) in [5.74, 6) is 0. The van der Waals surface area contributed by atoms with Gasteiger partial charge in [0.25, 0.3) is 0 Å². The molecule has 0 spiro atoms. The Kier molecular flexibility index (Phi) is 7.34. The van der Waals surface area contributed by atoms with E-state index in [0.29, 0.717) is 0 Å². The molecular weight excluding hydrogens is 164 g/mol. The average molecular weight is 176 g/mol. The summed E-state index contributed by atoms with van der Waals surface area (Å²) in [6.45, 7) is 2.02. The van der Waals surface area contributed by atoms with Crippen molar-refractivity contribution < 1.29 is 15.5 Å². The van der Waals surface area contributed by atoms with E-state index in [9.17, 15) is 0 Å². The second-order valence-corrected chi connectivity index (χ2v) is 2.56. The summed E-state index contributed by atoms with van der Waals surface area (Å²) >= 11 is 0.777. The molecule has 5 N–H and O–H groups in total. The van der Waals surface area contributed by atoms with Gasteiger partial charge in [0.05, 0.1) is 0 Å². The highest BCUT2D eigenvalue weighted by atomic mass is 32.2.